The molecule has 1 aliphatic heterocycles. The molecule has 2 aromatic rings. The molecule has 0 bridgehead atoms. The van der Waals surface area contributed by atoms with Gasteiger partial charge in [0.15, 0.2) is 5.82 Å². The minimum Gasteiger partial charge on any atom is -0.396 e. The Morgan fingerprint density at radius 3 is 2.94 bits per heavy atom. The molecule has 1 aromatic carbocycles. The summed E-state index contributed by atoms with van der Waals surface area (Å²) in [5.41, 5.74) is 9.17. The van der Waals surface area contributed by atoms with Crippen LogP contribution in [0.3, 0.4) is 0 Å². The molecule has 0 amide bonds. The number of nitrogens with zero attached hydrogens (tertiary/aromatic N) is 2. The first kappa shape index (κ1) is 11.4. The lowest BCUT2D eigenvalue weighted by Gasteiger charge is -2.25. The van der Waals surface area contributed by atoms with Crippen LogP contribution in [0.1, 0.15) is 12.5 Å². The Hall–Kier alpha value is -1.74. The van der Waals surface area contributed by atoms with Crippen molar-refractivity contribution in [3.8, 4) is 0 Å². The van der Waals surface area contributed by atoms with Gasteiger partial charge in [-0.25, -0.2) is 4.98 Å². The van der Waals surface area contributed by atoms with E-state index in [4.69, 9.17) is 17.3 Å². The SMILES string of the molecule is CC1Cc2ccccc2N1c1ncc(Cl)cc1N. The summed E-state index contributed by atoms with van der Waals surface area (Å²) >= 11 is 5.90. The summed E-state index contributed by atoms with van der Waals surface area (Å²) in [5, 5.41) is 0.566. The molecule has 18 heavy (non-hydrogen) atoms. The third kappa shape index (κ3) is 1.71. The first-order valence-corrected chi connectivity index (χ1v) is 6.33. The Morgan fingerprint density at radius 2 is 2.17 bits per heavy atom. The first-order valence-electron chi connectivity index (χ1n) is 5.95. The Morgan fingerprint density at radius 1 is 1.39 bits per heavy atom. The smallest absolute Gasteiger partial charge is 0.156 e. The van der Waals surface area contributed by atoms with E-state index in [2.05, 4.69) is 35.0 Å². The predicted octanol–water partition coefficient (Wildman–Crippen LogP) is 3.40. The Bertz CT molecular complexity index is 597. The number of nitrogen functional groups attached to an aromatic ring is 1. The number of halogens is 1. The van der Waals surface area contributed by atoms with Crippen molar-refractivity contribution in [1.29, 1.82) is 0 Å². The summed E-state index contributed by atoms with van der Waals surface area (Å²) in [7, 11) is 0. The van der Waals surface area contributed by atoms with E-state index in [0.717, 1.165) is 12.2 Å². The lowest BCUT2D eigenvalue weighted by molar-refractivity contribution is 0.751. The minimum atomic E-state index is 0.360. The molecule has 4 heteroatoms. The van der Waals surface area contributed by atoms with Gasteiger partial charge < -0.3 is 10.6 Å². The minimum absolute atomic E-state index is 0.360. The summed E-state index contributed by atoms with van der Waals surface area (Å²) in [6.07, 6.45) is 2.65. The van der Waals surface area contributed by atoms with Gasteiger partial charge in [-0.05, 0) is 31.0 Å². The van der Waals surface area contributed by atoms with Crippen molar-refractivity contribution >= 4 is 28.8 Å². The number of hydrogen-bond donors (Lipinski definition) is 1. The number of rotatable bonds is 1. The van der Waals surface area contributed by atoms with Crippen molar-refractivity contribution in [3.05, 3.63) is 47.1 Å². The molecule has 3 rings (SSSR count). The average molecular weight is 260 g/mol. The molecule has 0 aliphatic carbocycles. The molecule has 0 spiro atoms. The fraction of sp³-hybridized carbons (Fsp3) is 0.214. The van der Waals surface area contributed by atoms with E-state index in [1.807, 2.05) is 6.07 Å². The van der Waals surface area contributed by atoms with Gasteiger partial charge >= 0.3 is 0 Å². The van der Waals surface area contributed by atoms with Gasteiger partial charge in [0, 0.05) is 17.9 Å². The zero-order valence-corrected chi connectivity index (χ0v) is 10.9. The van der Waals surface area contributed by atoms with Crippen molar-refractivity contribution < 1.29 is 0 Å². The summed E-state index contributed by atoms with van der Waals surface area (Å²) in [4.78, 5) is 6.56. The van der Waals surface area contributed by atoms with Gasteiger partial charge in [0.2, 0.25) is 0 Å². The van der Waals surface area contributed by atoms with Crippen LogP contribution in [-0.2, 0) is 6.42 Å². The second-order valence-electron chi connectivity index (χ2n) is 4.62. The lowest BCUT2D eigenvalue weighted by atomic mass is 10.1. The van der Waals surface area contributed by atoms with Gasteiger partial charge in [-0.1, -0.05) is 29.8 Å². The van der Waals surface area contributed by atoms with Crippen molar-refractivity contribution in [2.24, 2.45) is 0 Å². The monoisotopic (exact) mass is 259 g/mol. The summed E-state index contributed by atoms with van der Waals surface area (Å²) in [6, 6.07) is 10.5. The molecule has 0 saturated carbocycles. The van der Waals surface area contributed by atoms with Crippen LogP contribution in [0, 0.1) is 0 Å². The van der Waals surface area contributed by atoms with Crippen molar-refractivity contribution in [1.82, 2.24) is 4.98 Å². The van der Waals surface area contributed by atoms with E-state index in [9.17, 15) is 0 Å². The largest absolute Gasteiger partial charge is 0.396 e. The zero-order valence-electron chi connectivity index (χ0n) is 10.1. The zero-order chi connectivity index (χ0) is 12.7. The Kier molecular flexibility index (Phi) is 2.63. The number of hydrogen-bond acceptors (Lipinski definition) is 3. The van der Waals surface area contributed by atoms with E-state index in [-0.39, 0.29) is 0 Å². The van der Waals surface area contributed by atoms with E-state index in [0.29, 0.717) is 16.8 Å². The standard InChI is InChI=1S/C14H14ClN3/c1-9-6-10-4-2-3-5-13(10)18(9)14-12(16)7-11(15)8-17-14/h2-5,7-9H,6,16H2,1H3. The number of para-hydroxylation sites is 1. The summed E-state index contributed by atoms with van der Waals surface area (Å²) in [5.74, 6) is 0.789. The van der Waals surface area contributed by atoms with Crippen molar-refractivity contribution in [2.45, 2.75) is 19.4 Å². The number of anilines is 3. The van der Waals surface area contributed by atoms with Crippen LogP contribution in [0.25, 0.3) is 0 Å². The van der Waals surface area contributed by atoms with E-state index in [1.165, 1.54) is 11.3 Å². The average Bonchev–Trinajstić information content (AvgIpc) is 2.66. The highest BCUT2D eigenvalue weighted by molar-refractivity contribution is 6.30. The van der Waals surface area contributed by atoms with Crippen molar-refractivity contribution in [3.63, 3.8) is 0 Å². The fourth-order valence-electron chi connectivity index (χ4n) is 2.54. The number of aromatic nitrogens is 1. The number of nitrogens with two attached hydrogens (primary N) is 1. The first-order chi connectivity index (χ1) is 8.66. The lowest BCUT2D eigenvalue weighted by Crippen LogP contribution is -2.25. The summed E-state index contributed by atoms with van der Waals surface area (Å²) in [6.45, 7) is 2.18. The quantitative estimate of drug-likeness (QED) is 0.854. The van der Waals surface area contributed by atoms with Gasteiger partial charge in [0.05, 0.1) is 10.7 Å². The molecule has 0 radical (unpaired) electrons. The highest BCUT2D eigenvalue weighted by Crippen LogP contribution is 2.39. The van der Waals surface area contributed by atoms with Gasteiger partial charge in [-0.3, -0.25) is 0 Å². The highest BCUT2D eigenvalue weighted by Gasteiger charge is 2.28. The number of benzene rings is 1. The van der Waals surface area contributed by atoms with Gasteiger partial charge in [-0.2, -0.15) is 0 Å². The number of pyridine rings is 1. The highest BCUT2D eigenvalue weighted by atomic mass is 35.5. The third-order valence-corrected chi connectivity index (χ3v) is 3.50. The van der Waals surface area contributed by atoms with Crippen LogP contribution in [0.15, 0.2) is 36.5 Å². The molecule has 1 atom stereocenters. The van der Waals surface area contributed by atoms with Crippen LogP contribution < -0.4 is 10.6 Å². The van der Waals surface area contributed by atoms with Crippen molar-refractivity contribution in [2.75, 3.05) is 10.6 Å². The molecule has 0 fully saturated rings. The second kappa shape index (κ2) is 4.18. The van der Waals surface area contributed by atoms with Crippen LogP contribution >= 0.6 is 11.6 Å². The van der Waals surface area contributed by atoms with Gasteiger partial charge in [0.1, 0.15) is 0 Å². The van der Waals surface area contributed by atoms with E-state index >= 15 is 0 Å². The second-order valence-corrected chi connectivity index (χ2v) is 5.05. The molecular weight excluding hydrogens is 246 g/mol. The molecule has 2 heterocycles. The predicted molar refractivity (Wildman–Crippen MR) is 75.4 cm³/mol. The maximum Gasteiger partial charge on any atom is 0.156 e. The van der Waals surface area contributed by atoms with E-state index < -0.39 is 0 Å². The van der Waals surface area contributed by atoms with E-state index in [1.54, 1.807) is 12.3 Å². The molecule has 1 aliphatic rings. The molecule has 3 nitrogen and oxygen atoms in total. The molecular formula is C14H14ClN3. The van der Waals surface area contributed by atoms with Crippen LogP contribution in [-0.4, -0.2) is 11.0 Å². The summed E-state index contributed by atoms with van der Waals surface area (Å²) < 4.78 is 0. The topological polar surface area (TPSA) is 42.2 Å². The number of fused-ring (bicyclic) bond motifs is 1. The van der Waals surface area contributed by atoms with Crippen LogP contribution in [0.2, 0.25) is 5.02 Å². The molecule has 0 saturated heterocycles. The van der Waals surface area contributed by atoms with Crippen LogP contribution in [0.4, 0.5) is 17.2 Å². The Balaban J connectivity index is 2.12. The normalized spacial score (nSPS) is 17.9. The maximum atomic E-state index is 6.03. The fourth-order valence-corrected chi connectivity index (χ4v) is 2.70. The molecule has 1 unspecified atom stereocenters. The van der Waals surface area contributed by atoms with Crippen LogP contribution in [0.5, 0.6) is 0 Å². The molecule has 1 aromatic heterocycles. The molecule has 92 valence electrons. The Labute approximate surface area is 111 Å². The third-order valence-electron chi connectivity index (χ3n) is 3.30. The molecule has 2 N–H and O–H groups in total. The van der Waals surface area contributed by atoms with Gasteiger partial charge in [0.25, 0.3) is 0 Å². The maximum absolute atomic E-state index is 6.03. The van der Waals surface area contributed by atoms with Gasteiger partial charge in [-0.15, -0.1) is 0 Å².